The maximum atomic E-state index is 11.2. The van der Waals surface area contributed by atoms with Gasteiger partial charge in [0.05, 0.1) is 12.6 Å². The maximum absolute atomic E-state index is 11.2. The summed E-state index contributed by atoms with van der Waals surface area (Å²) in [4.78, 5) is 21.4. The van der Waals surface area contributed by atoms with Crippen LogP contribution in [0.3, 0.4) is 0 Å². The highest BCUT2D eigenvalue weighted by Crippen LogP contribution is 2.18. The Bertz CT molecular complexity index is 213. The molecule has 0 aromatic rings. The van der Waals surface area contributed by atoms with Crippen molar-refractivity contribution in [2.45, 2.75) is 31.8 Å². The molecule has 1 atom stereocenters. The molecule has 74 valence electrons. The van der Waals surface area contributed by atoms with E-state index in [0.29, 0.717) is 6.04 Å². The number of hydrogen-bond donors (Lipinski definition) is 3. The van der Waals surface area contributed by atoms with Crippen molar-refractivity contribution < 1.29 is 14.7 Å². The Labute approximate surface area is 76.5 Å². The van der Waals surface area contributed by atoms with E-state index in [0.717, 1.165) is 12.8 Å². The summed E-state index contributed by atoms with van der Waals surface area (Å²) >= 11 is 0. The van der Waals surface area contributed by atoms with E-state index >= 15 is 0 Å². The zero-order valence-corrected chi connectivity index (χ0v) is 7.54. The second-order valence-electron chi connectivity index (χ2n) is 3.28. The number of nitrogens with one attached hydrogen (secondary N) is 2. The van der Waals surface area contributed by atoms with Crippen LogP contribution in [0.25, 0.3) is 0 Å². The van der Waals surface area contributed by atoms with E-state index in [9.17, 15) is 9.59 Å². The van der Waals surface area contributed by atoms with Crippen molar-refractivity contribution in [3.63, 3.8) is 0 Å². The fourth-order valence-electron chi connectivity index (χ4n) is 0.887. The molecule has 1 fully saturated rings. The highest BCUT2D eigenvalue weighted by molar-refractivity contribution is 5.82. The molecule has 1 amide bonds. The molecule has 1 unspecified atom stereocenters. The topological polar surface area (TPSA) is 78.4 Å². The largest absolute Gasteiger partial charge is 0.480 e. The normalized spacial score (nSPS) is 17.9. The van der Waals surface area contributed by atoms with Crippen LogP contribution in [-0.4, -0.2) is 35.6 Å². The summed E-state index contributed by atoms with van der Waals surface area (Å²) in [7, 11) is 0. The lowest BCUT2D eigenvalue weighted by Gasteiger charge is -2.11. The Morgan fingerprint density at radius 2 is 2.15 bits per heavy atom. The molecule has 13 heavy (non-hydrogen) atoms. The van der Waals surface area contributed by atoms with Gasteiger partial charge in [0, 0.05) is 6.04 Å². The number of rotatable bonds is 5. The maximum Gasteiger partial charge on any atom is 0.317 e. The summed E-state index contributed by atoms with van der Waals surface area (Å²) in [6, 6.07) is -0.113. The summed E-state index contributed by atoms with van der Waals surface area (Å²) in [5.74, 6) is -1.07. The molecule has 1 aliphatic rings. The summed E-state index contributed by atoms with van der Waals surface area (Å²) in [6.45, 7) is 1.47. The molecule has 0 heterocycles. The van der Waals surface area contributed by atoms with Crippen molar-refractivity contribution in [2.24, 2.45) is 0 Å². The highest BCUT2D eigenvalue weighted by Gasteiger charge is 2.25. The minimum absolute atomic E-state index is 0.122. The lowest BCUT2D eigenvalue weighted by Crippen LogP contribution is -2.44. The van der Waals surface area contributed by atoms with Crippen LogP contribution in [0.15, 0.2) is 0 Å². The molecule has 5 heteroatoms. The molecule has 1 rings (SSSR count). The van der Waals surface area contributed by atoms with Gasteiger partial charge in [-0.3, -0.25) is 14.9 Å². The van der Waals surface area contributed by atoms with E-state index in [-0.39, 0.29) is 12.5 Å². The second kappa shape index (κ2) is 4.23. The van der Waals surface area contributed by atoms with Crippen LogP contribution in [0.2, 0.25) is 0 Å². The monoisotopic (exact) mass is 186 g/mol. The van der Waals surface area contributed by atoms with Crippen molar-refractivity contribution in [3.05, 3.63) is 0 Å². The lowest BCUT2D eigenvalue weighted by atomic mass is 10.3. The number of carbonyl (C=O) groups excluding carboxylic acids is 1. The van der Waals surface area contributed by atoms with Gasteiger partial charge in [-0.2, -0.15) is 0 Å². The Hall–Kier alpha value is -1.10. The fraction of sp³-hybridized carbons (Fsp3) is 0.750. The zero-order chi connectivity index (χ0) is 9.84. The average Bonchev–Trinajstić information content (AvgIpc) is 2.83. The molecule has 3 N–H and O–H groups in total. The number of carbonyl (C=O) groups is 2. The third-order valence-electron chi connectivity index (χ3n) is 1.88. The van der Waals surface area contributed by atoms with Gasteiger partial charge in [-0.15, -0.1) is 0 Å². The molecule has 0 bridgehead atoms. The first kappa shape index (κ1) is 9.98. The number of amides is 1. The SMILES string of the molecule is CC(NCC(=O)O)C(=O)NC1CC1. The Balaban J connectivity index is 2.16. The van der Waals surface area contributed by atoms with Crippen LogP contribution < -0.4 is 10.6 Å². The van der Waals surface area contributed by atoms with Gasteiger partial charge in [-0.1, -0.05) is 0 Å². The second-order valence-corrected chi connectivity index (χ2v) is 3.28. The smallest absolute Gasteiger partial charge is 0.317 e. The van der Waals surface area contributed by atoms with Crippen molar-refractivity contribution in [1.29, 1.82) is 0 Å². The highest BCUT2D eigenvalue weighted by atomic mass is 16.4. The van der Waals surface area contributed by atoms with E-state index in [1.54, 1.807) is 6.92 Å². The predicted octanol–water partition coefficient (Wildman–Crippen LogP) is -0.672. The van der Waals surface area contributed by atoms with Crippen LogP contribution in [0.5, 0.6) is 0 Å². The van der Waals surface area contributed by atoms with Gasteiger partial charge >= 0.3 is 5.97 Å². The number of carboxylic acids is 1. The molecular weight excluding hydrogens is 172 g/mol. The van der Waals surface area contributed by atoms with E-state index in [2.05, 4.69) is 10.6 Å². The number of carboxylic acid groups (broad SMARTS) is 1. The number of aliphatic carboxylic acids is 1. The molecule has 0 radical (unpaired) electrons. The van der Waals surface area contributed by atoms with Crippen molar-refractivity contribution >= 4 is 11.9 Å². The van der Waals surface area contributed by atoms with Crippen LogP contribution in [0, 0.1) is 0 Å². The summed E-state index contributed by atoms with van der Waals surface area (Å²) in [6.07, 6.45) is 2.08. The molecule has 0 aliphatic heterocycles. The molecular formula is C8H14N2O3. The summed E-state index contributed by atoms with van der Waals surface area (Å²) in [5.41, 5.74) is 0. The van der Waals surface area contributed by atoms with Crippen LogP contribution in [0.4, 0.5) is 0 Å². The van der Waals surface area contributed by atoms with E-state index in [1.165, 1.54) is 0 Å². The van der Waals surface area contributed by atoms with E-state index in [1.807, 2.05) is 0 Å². The minimum Gasteiger partial charge on any atom is -0.480 e. The number of hydrogen-bond acceptors (Lipinski definition) is 3. The van der Waals surface area contributed by atoms with Gasteiger partial charge in [0.1, 0.15) is 0 Å². The molecule has 0 spiro atoms. The summed E-state index contributed by atoms with van der Waals surface area (Å²) in [5, 5.41) is 13.7. The van der Waals surface area contributed by atoms with Crippen molar-refractivity contribution in [3.8, 4) is 0 Å². The van der Waals surface area contributed by atoms with Crippen LogP contribution >= 0.6 is 0 Å². The molecule has 0 aromatic carbocycles. The first-order valence-corrected chi connectivity index (χ1v) is 4.35. The molecule has 0 aromatic heterocycles. The Kier molecular flexibility index (Phi) is 3.25. The molecule has 5 nitrogen and oxygen atoms in total. The first-order valence-electron chi connectivity index (χ1n) is 4.35. The minimum atomic E-state index is -0.953. The third-order valence-corrected chi connectivity index (χ3v) is 1.88. The van der Waals surface area contributed by atoms with E-state index in [4.69, 9.17) is 5.11 Å². The lowest BCUT2D eigenvalue weighted by molar-refractivity contribution is -0.136. The zero-order valence-electron chi connectivity index (χ0n) is 7.54. The van der Waals surface area contributed by atoms with Gasteiger partial charge < -0.3 is 10.4 Å². The summed E-state index contributed by atoms with van der Waals surface area (Å²) < 4.78 is 0. The van der Waals surface area contributed by atoms with Crippen LogP contribution in [0.1, 0.15) is 19.8 Å². The van der Waals surface area contributed by atoms with Gasteiger partial charge in [0.25, 0.3) is 0 Å². The first-order chi connectivity index (χ1) is 6.09. The van der Waals surface area contributed by atoms with Gasteiger partial charge in [0.15, 0.2) is 0 Å². The average molecular weight is 186 g/mol. The molecule has 1 aliphatic carbocycles. The Morgan fingerprint density at radius 3 is 2.62 bits per heavy atom. The van der Waals surface area contributed by atoms with Crippen LogP contribution in [-0.2, 0) is 9.59 Å². The third kappa shape index (κ3) is 3.89. The van der Waals surface area contributed by atoms with Gasteiger partial charge in [-0.25, -0.2) is 0 Å². The predicted molar refractivity (Wildman–Crippen MR) is 46.3 cm³/mol. The quantitative estimate of drug-likeness (QED) is 0.532. The Morgan fingerprint density at radius 1 is 1.54 bits per heavy atom. The van der Waals surface area contributed by atoms with E-state index < -0.39 is 12.0 Å². The fourth-order valence-corrected chi connectivity index (χ4v) is 0.887. The van der Waals surface area contributed by atoms with Crippen molar-refractivity contribution in [2.75, 3.05) is 6.54 Å². The molecule has 1 saturated carbocycles. The standard InChI is InChI=1S/C8H14N2O3/c1-5(9-4-7(11)12)8(13)10-6-2-3-6/h5-6,9H,2-4H2,1H3,(H,10,13)(H,11,12). The van der Waals surface area contributed by atoms with Crippen molar-refractivity contribution in [1.82, 2.24) is 10.6 Å². The van der Waals surface area contributed by atoms with Gasteiger partial charge in [0.2, 0.25) is 5.91 Å². The van der Waals surface area contributed by atoms with Gasteiger partial charge in [-0.05, 0) is 19.8 Å². The molecule has 0 saturated heterocycles.